The van der Waals surface area contributed by atoms with Gasteiger partial charge in [-0.15, -0.1) is 0 Å². The van der Waals surface area contributed by atoms with Gasteiger partial charge in [-0.3, -0.25) is 4.79 Å². The molecule has 0 saturated carbocycles. The van der Waals surface area contributed by atoms with Crippen molar-refractivity contribution in [1.29, 1.82) is 0 Å². The van der Waals surface area contributed by atoms with Gasteiger partial charge in [-0.25, -0.2) is 4.99 Å². The minimum absolute atomic E-state index is 0.00921. The fourth-order valence-corrected chi connectivity index (χ4v) is 1.31. The maximum absolute atomic E-state index is 10.9. The Morgan fingerprint density at radius 1 is 0.933 bits per heavy atom. The molecule has 0 heterocycles. The van der Waals surface area contributed by atoms with Gasteiger partial charge < -0.3 is 0 Å². The van der Waals surface area contributed by atoms with Crippen molar-refractivity contribution in [1.82, 2.24) is 0 Å². The average molecular weight is 218 g/mol. The number of nitrogens with zero attached hydrogens (tertiary/aromatic N) is 1. The summed E-state index contributed by atoms with van der Waals surface area (Å²) in [5.74, 6) is -0.00921. The molecule has 1 aromatic rings. The lowest BCUT2D eigenvalue weighted by atomic mass is 10.1. The van der Waals surface area contributed by atoms with Gasteiger partial charge in [-0.05, 0) is 48.6 Å². The molecule has 2 nitrogen and oxygen atoms in total. The largest absolute Gasteiger partial charge is 0.290 e. The Morgan fingerprint density at radius 3 is 2.13 bits per heavy atom. The molecule has 0 spiro atoms. The zero-order chi connectivity index (χ0) is 10.7. The van der Waals surface area contributed by atoms with E-state index in [2.05, 4.69) is 4.99 Å². The smallest absolute Gasteiger partial charge is 0.178 e. The highest BCUT2D eigenvalue weighted by Gasteiger charge is 1.99. The van der Waals surface area contributed by atoms with Crippen LogP contribution < -0.4 is 0 Å². The SMILES string of the molecule is O=C1C=CC(=Nc2ccc(Cl)cc2)C=C1. The van der Waals surface area contributed by atoms with E-state index in [1.165, 1.54) is 12.2 Å². The van der Waals surface area contributed by atoms with E-state index in [1.807, 2.05) is 12.1 Å². The van der Waals surface area contributed by atoms with E-state index in [0.717, 1.165) is 11.4 Å². The Balaban J connectivity index is 2.24. The Kier molecular flexibility index (Phi) is 2.79. The van der Waals surface area contributed by atoms with E-state index in [4.69, 9.17) is 11.6 Å². The topological polar surface area (TPSA) is 29.4 Å². The Morgan fingerprint density at radius 2 is 1.53 bits per heavy atom. The first kappa shape index (κ1) is 9.87. The van der Waals surface area contributed by atoms with E-state index >= 15 is 0 Å². The van der Waals surface area contributed by atoms with Gasteiger partial charge in [0.05, 0.1) is 11.4 Å². The van der Waals surface area contributed by atoms with Gasteiger partial charge in [0.2, 0.25) is 0 Å². The van der Waals surface area contributed by atoms with Crippen LogP contribution in [0.2, 0.25) is 5.02 Å². The summed E-state index contributed by atoms with van der Waals surface area (Å²) in [4.78, 5) is 15.2. The van der Waals surface area contributed by atoms with Gasteiger partial charge in [0, 0.05) is 5.02 Å². The Hall–Kier alpha value is -1.67. The molecule has 0 saturated heterocycles. The normalized spacial score (nSPS) is 14.5. The highest BCUT2D eigenvalue weighted by atomic mass is 35.5. The standard InChI is InChI=1S/C12H8ClNO/c13-9-1-3-10(4-2-9)14-11-5-7-12(15)8-6-11/h1-8H. The lowest BCUT2D eigenvalue weighted by Crippen LogP contribution is -1.98. The van der Waals surface area contributed by atoms with Gasteiger partial charge in [-0.1, -0.05) is 11.6 Å². The van der Waals surface area contributed by atoms with E-state index in [-0.39, 0.29) is 5.78 Å². The molecule has 0 fully saturated rings. The molecule has 0 aliphatic heterocycles. The van der Waals surface area contributed by atoms with Gasteiger partial charge >= 0.3 is 0 Å². The third-order valence-corrected chi connectivity index (χ3v) is 2.17. The maximum Gasteiger partial charge on any atom is 0.178 e. The lowest BCUT2D eigenvalue weighted by molar-refractivity contribution is -0.110. The first-order valence-electron chi connectivity index (χ1n) is 4.48. The molecule has 15 heavy (non-hydrogen) atoms. The number of allylic oxidation sites excluding steroid dienone is 4. The summed E-state index contributed by atoms with van der Waals surface area (Å²) in [6.07, 6.45) is 6.37. The molecule has 0 atom stereocenters. The van der Waals surface area contributed by atoms with Crippen LogP contribution in [0.15, 0.2) is 53.6 Å². The van der Waals surface area contributed by atoms with Crippen molar-refractivity contribution in [2.45, 2.75) is 0 Å². The summed E-state index contributed by atoms with van der Waals surface area (Å²) in [6, 6.07) is 7.21. The number of ketones is 1. The third kappa shape index (κ3) is 2.64. The summed E-state index contributed by atoms with van der Waals surface area (Å²) in [5, 5.41) is 0.684. The van der Waals surface area contributed by atoms with Crippen LogP contribution in [-0.4, -0.2) is 11.5 Å². The number of rotatable bonds is 1. The van der Waals surface area contributed by atoms with E-state index in [0.29, 0.717) is 5.02 Å². The molecule has 74 valence electrons. The summed E-state index contributed by atoms with van der Waals surface area (Å²) in [5.41, 5.74) is 1.58. The van der Waals surface area contributed by atoms with Gasteiger partial charge in [0.25, 0.3) is 0 Å². The van der Waals surface area contributed by atoms with Gasteiger partial charge in [0.1, 0.15) is 0 Å². The van der Waals surface area contributed by atoms with Crippen molar-refractivity contribution in [2.75, 3.05) is 0 Å². The molecule has 1 aromatic carbocycles. The number of benzene rings is 1. The number of hydrogen-bond acceptors (Lipinski definition) is 2. The molecule has 1 aliphatic rings. The van der Waals surface area contributed by atoms with Crippen LogP contribution in [0.3, 0.4) is 0 Å². The van der Waals surface area contributed by atoms with Crippen LogP contribution in [0.5, 0.6) is 0 Å². The molecule has 2 rings (SSSR count). The second-order valence-corrected chi connectivity index (χ2v) is 3.52. The summed E-state index contributed by atoms with van der Waals surface area (Å²) in [6.45, 7) is 0. The third-order valence-electron chi connectivity index (χ3n) is 1.92. The van der Waals surface area contributed by atoms with Gasteiger partial charge in [-0.2, -0.15) is 0 Å². The monoisotopic (exact) mass is 217 g/mol. The summed E-state index contributed by atoms with van der Waals surface area (Å²) < 4.78 is 0. The molecular weight excluding hydrogens is 210 g/mol. The minimum atomic E-state index is -0.00921. The van der Waals surface area contributed by atoms with Crippen LogP contribution in [0, 0.1) is 0 Å². The minimum Gasteiger partial charge on any atom is -0.290 e. The second kappa shape index (κ2) is 4.24. The van der Waals surface area contributed by atoms with Crippen LogP contribution in [0.1, 0.15) is 0 Å². The van der Waals surface area contributed by atoms with Crippen molar-refractivity contribution in [3.8, 4) is 0 Å². The first-order chi connectivity index (χ1) is 7.24. The number of hydrogen-bond donors (Lipinski definition) is 0. The number of carbonyl (C=O) groups is 1. The molecule has 0 N–H and O–H groups in total. The van der Waals surface area contributed by atoms with Crippen molar-refractivity contribution in [3.63, 3.8) is 0 Å². The molecule has 1 aliphatic carbocycles. The fraction of sp³-hybridized carbons (Fsp3) is 0. The quantitative estimate of drug-likeness (QED) is 0.665. The molecule has 0 radical (unpaired) electrons. The molecule has 0 bridgehead atoms. The molecular formula is C12H8ClNO. The van der Waals surface area contributed by atoms with Crippen molar-refractivity contribution in [2.24, 2.45) is 4.99 Å². The average Bonchev–Trinajstić information content (AvgIpc) is 2.25. The molecule has 0 unspecified atom stereocenters. The van der Waals surface area contributed by atoms with Crippen molar-refractivity contribution >= 4 is 28.8 Å². The zero-order valence-corrected chi connectivity index (χ0v) is 8.61. The zero-order valence-electron chi connectivity index (χ0n) is 7.85. The number of aliphatic imine (C=N–C) groups is 1. The van der Waals surface area contributed by atoms with Crippen LogP contribution >= 0.6 is 11.6 Å². The molecule has 3 heteroatoms. The number of halogens is 1. The maximum atomic E-state index is 10.9. The van der Waals surface area contributed by atoms with Crippen molar-refractivity contribution in [3.05, 3.63) is 53.6 Å². The molecule has 0 aromatic heterocycles. The Bertz CT molecular complexity index is 451. The van der Waals surface area contributed by atoms with Gasteiger partial charge in [0.15, 0.2) is 5.78 Å². The van der Waals surface area contributed by atoms with Crippen LogP contribution in [0.4, 0.5) is 5.69 Å². The fourth-order valence-electron chi connectivity index (χ4n) is 1.19. The van der Waals surface area contributed by atoms with E-state index in [1.54, 1.807) is 24.3 Å². The predicted octanol–water partition coefficient (Wildman–Crippen LogP) is 3.11. The highest BCUT2D eigenvalue weighted by Crippen LogP contribution is 2.17. The second-order valence-electron chi connectivity index (χ2n) is 3.08. The highest BCUT2D eigenvalue weighted by molar-refractivity contribution is 6.30. The molecule has 0 amide bonds. The lowest BCUT2D eigenvalue weighted by Gasteiger charge is -1.99. The van der Waals surface area contributed by atoms with Crippen LogP contribution in [0.25, 0.3) is 0 Å². The summed E-state index contributed by atoms with van der Waals surface area (Å²) >= 11 is 5.75. The summed E-state index contributed by atoms with van der Waals surface area (Å²) in [7, 11) is 0. The van der Waals surface area contributed by atoms with E-state index in [9.17, 15) is 4.79 Å². The van der Waals surface area contributed by atoms with Crippen LogP contribution in [-0.2, 0) is 4.79 Å². The Labute approximate surface area is 92.6 Å². The van der Waals surface area contributed by atoms with Crippen molar-refractivity contribution < 1.29 is 4.79 Å². The number of carbonyl (C=O) groups excluding carboxylic acids is 1. The first-order valence-corrected chi connectivity index (χ1v) is 4.86. The predicted molar refractivity (Wildman–Crippen MR) is 61.8 cm³/mol. The van der Waals surface area contributed by atoms with E-state index < -0.39 is 0 Å².